The first-order valence-corrected chi connectivity index (χ1v) is 9.06. The molecule has 2 aromatic rings. The summed E-state index contributed by atoms with van der Waals surface area (Å²) in [6.45, 7) is 2.42. The van der Waals surface area contributed by atoms with Crippen molar-refractivity contribution in [3.63, 3.8) is 0 Å². The zero-order chi connectivity index (χ0) is 15.7. The van der Waals surface area contributed by atoms with Crippen molar-refractivity contribution >= 4 is 20.8 Å². The third kappa shape index (κ3) is 2.62. The Hall–Kier alpha value is -1.50. The Balaban J connectivity index is 2.11. The van der Waals surface area contributed by atoms with Crippen molar-refractivity contribution in [2.75, 3.05) is 6.54 Å². The van der Waals surface area contributed by atoms with E-state index < -0.39 is 10.0 Å². The second-order valence-corrected chi connectivity index (χ2v) is 7.75. The maximum absolute atomic E-state index is 13.2. The van der Waals surface area contributed by atoms with Crippen molar-refractivity contribution < 1.29 is 8.42 Å². The molecule has 1 aliphatic rings. The molecule has 1 aromatic heterocycles. The van der Waals surface area contributed by atoms with Crippen LogP contribution in [0.25, 0.3) is 10.8 Å². The van der Waals surface area contributed by atoms with E-state index in [1.807, 2.05) is 13.0 Å². The minimum Gasteiger partial charge on any atom is -0.326 e. The van der Waals surface area contributed by atoms with Gasteiger partial charge in [0.05, 0.1) is 4.90 Å². The fraction of sp³-hybridized carbons (Fsp3) is 0.438. The van der Waals surface area contributed by atoms with Crippen LogP contribution in [0.4, 0.5) is 0 Å². The zero-order valence-corrected chi connectivity index (χ0v) is 13.5. The van der Waals surface area contributed by atoms with Gasteiger partial charge in [-0.3, -0.25) is 4.98 Å². The van der Waals surface area contributed by atoms with E-state index in [-0.39, 0.29) is 12.1 Å². The van der Waals surface area contributed by atoms with Crippen molar-refractivity contribution in [2.24, 2.45) is 5.73 Å². The molecule has 118 valence electrons. The molecule has 22 heavy (non-hydrogen) atoms. The molecule has 0 spiro atoms. The molecule has 6 heteroatoms. The number of rotatable bonds is 3. The quantitative estimate of drug-likeness (QED) is 0.940. The van der Waals surface area contributed by atoms with E-state index >= 15 is 0 Å². The van der Waals surface area contributed by atoms with E-state index in [2.05, 4.69) is 4.98 Å². The van der Waals surface area contributed by atoms with Gasteiger partial charge in [0.1, 0.15) is 0 Å². The fourth-order valence-corrected chi connectivity index (χ4v) is 5.19. The molecule has 5 nitrogen and oxygen atoms in total. The summed E-state index contributed by atoms with van der Waals surface area (Å²) in [5.74, 6) is 0. The molecule has 2 heterocycles. The molecule has 1 fully saturated rings. The van der Waals surface area contributed by atoms with Crippen molar-refractivity contribution in [1.82, 2.24) is 9.29 Å². The molecule has 3 rings (SSSR count). The van der Waals surface area contributed by atoms with Crippen LogP contribution in [0, 0.1) is 0 Å². The predicted octanol–water partition coefficient (Wildman–Crippen LogP) is 2.13. The Morgan fingerprint density at radius 1 is 1.32 bits per heavy atom. The van der Waals surface area contributed by atoms with E-state index in [1.165, 1.54) is 0 Å². The lowest BCUT2D eigenvalue weighted by molar-refractivity contribution is 0.227. The summed E-state index contributed by atoms with van der Waals surface area (Å²) < 4.78 is 27.9. The van der Waals surface area contributed by atoms with Gasteiger partial charge in [-0.05, 0) is 31.9 Å². The first kappa shape index (κ1) is 15.4. The summed E-state index contributed by atoms with van der Waals surface area (Å²) in [5.41, 5.74) is 6.03. The van der Waals surface area contributed by atoms with Crippen molar-refractivity contribution in [2.45, 2.75) is 43.2 Å². The highest BCUT2D eigenvalue weighted by Gasteiger charge is 2.35. The molecule has 1 saturated heterocycles. The smallest absolute Gasteiger partial charge is 0.243 e. The maximum Gasteiger partial charge on any atom is 0.243 e. The van der Waals surface area contributed by atoms with E-state index in [1.54, 1.807) is 34.9 Å². The van der Waals surface area contributed by atoms with Gasteiger partial charge in [-0.25, -0.2) is 8.42 Å². The summed E-state index contributed by atoms with van der Waals surface area (Å²) in [5, 5.41) is 1.55. The van der Waals surface area contributed by atoms with Crippen LogP contribution >= 0.6 is 0 Å². The number of piperidine rings is 1. The zero-order valence-electron chi connectivity index (χ0n) is 12.6. The van der Waals surface area contributed by atoms with Crippen LogP contribution in [0.3, 0.4) is 0 Å². The van der Waals surface area contributed by atoms with Crippen molar-refractivity contribution in [3.8, 4) is 0 Å². The molecule has 2 N–H and O–H groups in total. The molecule has 1 aromatic carbocycles. The SMILES string of the molecule is CC(N)C1CCCCN1S(=O)(=O)c1cccc2cnccc12. The Bertz CT molecular complexity index is 769. The molecular formula is C16H21N3O2S. The Labute approximate surface area is 131 Å². The summed E-state index contributed by atoms with van der Waals surface area (Å²) >= 11 is 0. The molecule has 0 bridgehead atoms. The first-order valence-electron chi connectivity index (χ1n) is 7.62. The highest BCUT2D eigenvalue weighted by Crippen LogP contribution is 2.30. The van der Waals surface area contributed by atoms with E-state index in [9.17, 15) is 8.42 Å². The molecule has 0 aliphatic carbocycles. The minimum absolute atomic E-state index is 0.129. The van der Waals surface area contributed by atoms with Gasteiger partial charge >= 0.3 is 0 Å². The monoisotopic (exact) mass is 319 g/mol. The molecule has 0 saturated carbocycles. The third-order valence-electron chi connectivity index (χ3n) is 4.33. The van der Waals surface area contributed by atoms with Gasteiger partial charge in [0.15, 0.2) is 0 Å². The fourth-order valence-electron chi connectivity index (χ4n) is 3.20. The number of sulfonamides is 1. The first-order chi connectivity index (χ1) is 10.5. The molecule has 0 amide bonds. The number of nitrogens with zero attached hydrogens (tertiary/aromatic N) is 2. The van der Waals surface area contributed by atoms with Crippen LogP contribution in [0.5, 0.6) is 0 Å². The van der Waals surface area contributed by atoms with Gasteiger partial charge in [0.25, 0.3) is 0 Å². The van der Waals surface area contributed by atoms with Crippen LogP contribution in [-0.4, -0.2) is 36.3 Å². The average molecular weight is 319 g/mol. The maximum atomic E-state index is 13.2. The van der Waals surface area contributed by atoms with Crippen LogP contribution in [0.15, 0.2) is 41.6 Å². The van der Waals surface area contributed by atoms with Gasteiger partial charge in [0, 0.05) is 41.8 Å². The van der Waals surface area contributed by atoms with Crippen LogP contribution < -0.4 is 5.73 Å². The minimum atomic E-state index is -3.56. The highest BCUT2D eigenvalue weighted by molar-refractivity contribution is 7.89. The Morgan fingerprint density at radius 2 is 2.14 bits per heavy atom. The summed E-state index contributed by atoms with van der Waals surface area (Å²) in [4.78, 5) is 4.41. The van der Waals surface area contributed by atoms with Gasteiger partial charge in [-0.1, -0.05) is 18.6 Å². The topological polar surface area (TPSA) is 76.3 Å². The second-order valence-electron chi connectivity index (χ2n) is 5.89. The van der Waals surface area contributed by atoms with E-state index in [0.29, 0.717) is 16.8 Å². The van der Waals surface area contributed by atoms with Gasteiger partial charge in [-0.2, -0.15) is 4.31 Å². The lowest BCUT2D eigenvalue weighted by Crippen LogP contribution is -2.51. The van der Waals surface area contributed by atoms with Crippen molar-refractivity contribution in [1.29, 1.82) is 0 Å². The molecule has 1 aliphatic heterocycles. The van der Waals surface area contributed by atoms with Crippen LogP contribution in [0.1, 0.15) is 26.2 Å². The molecule has 2 atom stereocenters. The average Bonchev–Trinajstić information content (AvgIpc) is 2.54. The lowest BCUT2D eigenvalue weighted by Gasteiger charge is -2.37. The number of hydrogen-bond acceptors (Lipinski definition) is 4. The van der Waals surface area contributed by atoms with Gasteiger partial charge < -0.3 is 5.73 Å². The number of nitrogens with two attached hydrogens (primary N) is 1. The van der Waals surface area contributed by atoms with E-state index in [0.717, 1.165) is 24.6 Å². The third-order valence-corrected chi connectivity index (χ3v) is 6.32. The predicted molar refractivity (Wildman–Crippen MR) is 86.9 cm³/mol. The number of fused-ring (bicyclic) bond motifs is 1. The van der Waals surface area contributed by atoms with Gasteiger partial charge in [-0.15, -0.1) is 0 Å². The number of benzene rings is 1. The number of hydrogen-bond donors (Lipinski definition) is 1. The molecular weight excluding hydrogens is 298 g/mol. The normalized spacial score (nSPS) is 21.8. The molecule has 2 unspecified atom stereocenters. The lowest BCUT2D eigenvalue weighted by atomic mass is 10.00. The number of pyridine rings is 1. The standard InChI is InChI=1S/C16H21N3O2S/c1-12(17)15-6-2-3-10-19(15)22(20,21)16-7-4-5-13-11-18-9-8-14(13)16/h4-5,7-9,11-12,15H,2-3,6,10,17H2,1H3. The Kier molecular flexibility index (Phi) is 4.16. The Morgan fingerprint density at radius 3 is 2.91 bits per heavy atom. The number of aromatic nitrogens is 1. The summed E-state index contributed by atoms with van der Waals surface area (Å²) in [6, 6.07) is 6.77. The molecule has 0 radical (unpaired) electrons. The van der Waals surface area contributed by atoms with Crippen LogP contribution in [-0.2, 0) is 10.0 Å². The van der Waals surface area contributed by atoms with Gasteiger partial charge in [0.2, 0.25) is 10.0 Å². The highest BCUT2D eigenvalue weighted by atomic mass is 32.2. The second kappa shape index (κ2) is 5.95. The van der Waals surface area contributed by atoms with Crippen molar-refractivity contribution in [3.05, 3.63) is 36.7 Å². The van der Waals surface area contributed by atoms with Crippen LogP contribution in [0.2, 0.25) is 0 Å². The summed E-state index contributed by atoms with van der Waals surface area (Å²) in [6.07, 6.45) is 6.05. The van der Waals surface area contributed by atoms with E-state index in [4.69, 9.17) is 5.73 Å². The summed E-state index contributed by atoms with van der Waals surface area (Å²) in [7, 11) is -3.56. The largest absolute Gasteiger partial charge is 0.326 e.